The topological polar surface area (TPSA) is 45.2 Å². The lowest BCUT2D eigenvalue weighted by atomic mass is 10.1. The first-order chi connectivity index (χ1) is 10.1. The van der Waals surface area contributed by atoms with E-state index in [0.29, 0.717) is 6.04 Å². The van der Waals surface area contributed by atoms with Gasteiger partial charge in [0.15, 0.2) is 0 Å². The van der Waals surface area contributed by atoms with E-state index in [2.05, 4.69) is 27.3 Å². The van der Waals surface area contributed by atoms with Gasteiger partial charge in [-0.05, 0) is 44.5 Å². The molecule has 1 amide bonds. The van der Waals surface area contributed by atoms with E-state index in [0.717, 1.165) is 30.3 Å². The number of pyridine rings is 1. The molecular weight excluding hydrogens is 262 g/mol. The molecule has 2 aromatic rings. The molecule has 1 heterocycles. The smallest absolute Gasteiger partial charge is 0.237 e. The number of benzene rings is 1. The largest absolute Gasteiger partial charge is 0.352 e. The Labute approximate surface area is 125 Å². The first-order valence-electron chi connectivity index (χ1n) is 7.48. The zero-order valence-electron chi connectivity index (χ0n) is 12.5. The van der Waals surface area contributed by atoms with Crippen molar-refractivity contribution in [2.24, 2.45) is 0 Å². The Balaban J connectivity index is 1.73. The van der Waals surface area contributed by atoms with Gasteiger partial charge in [-0.2, -0.15) is 0 Å². The maximum absolute atomic E-state index is 12.1. The van der Waals surface area contributed by atoms with Crippen molar-refractivity contribution in [1.82, 2.24) is 15.2 Å². The summed E-state index contributed by atoms with van der Waals surface area (Å²) < 4.78 is 0. The lowest BCUT2D eigenvalue weighted by Crippen LogP contribution is -2.43. The van der Waals surface area contributed by atoms with E-state index in [1.54, 1.807) is 0 Å². The Morgan fingerprint density at radius 1 is 1.38 bits per heavy atom. The molecule has 1 N–H and O–H groups in total. The maximum atomic E-state index is 12.1. The van der Waals surface area contributed by atoms with Gasteiger partial charge < -0.3 is 5.32 Å². The average Bonchev–Trinajstić information content (AvgIpc) is 3.30. The third-order valence-corrected chi connectivity index (χ3v) is 4.12. The van der Waals surface area contributed by atoms with Crippen molar-refractivity contribution in [1.29, 1.82) is 0 Å². The number of hydrogen-bond acceptors (Lipinski definition) is 3. The number of nitrogens with one attached hydrogen (secondary N) is 1. The SMILES string of the molecule is CC(C(=O)NC1CC1)N(C)Cc1cccc2ncccc12. The predicted molar refractivity (Wildman–Crippen MR) is 83.8 cm³/mol. The zero-order chi connectivity index (χ0) is 14.8. The second kappa shape index (κ2) is 5.82. The van der Waals surface area contributed by atoms with Gasteiger partial charge in [-0.1, -0.05) is 18.2 Å². The summed E-state index contributed by atoms with van der Waals surface area (Å²) in [5.74, 6) is 0.123. The summed E-state index contributed by atoms with van der Waals surface area (Å²) in [5.41, 5.74) is 2.20. The van der Waals surface area contributed by atoms with E-state index in [-0.39, 0.29) is 11.9 Å². The van der Waals surface area contributed by atoms with Crippen molar-refractivity contribution in [3.05, 3.63) is 42.1 Å². The summed E-state index contributed by atoms with van der Waals surface area (Å²) in [7, 11) is 1.99. The highest BCUT2D eigenvalue weighted by atomic mass is 16.2. The Hall–Kier alpha value is -1.94. The van der Waals surface area contributed by atoms with Crippen LogP contribution in [0.3, 0.4) is 0 Å². The standard InChI is InChI=1S/C17H21N3O/c1-12(17(21)19-14-8-9-14)20(2)11-13-5-3-7-16-15(13)6-4-10-18-16/h3-7,10,12,14H,8-9,11H2,1-2H3,(H,19,21). The summed E-state index contributed by atoms with van der Waals surface area (Å²) >= 11 is 0. The van der Waals surface area contributed by atoms with Gasteiger partial charge in [-0.25, -0.2) is 0 Å². The van der Waals surface area contributed by atoms with Crippen LogP contribution in [-0.2, 0) is 11.3 Å². The second-order valence-electron chi connectivity index (χ2n) is 5.86. The number of rotatable bonds is 5. The molecule has 1 aliphatic carbocycles. The van der Waals surface area contributed by atoms with E-state index in [9.17, 15) is 4.79 Å². The molecule has 1 unspecified atom stereocenters. The van der Waals surface area contributed by atoms with E-state index < -0.39 is 0 Å². The Morgan fingerprint density at radius 2 is 2.19 bits per heavy atom. The van der Waals surface area contributed by atoms with Crippen LogP contribution in [-0.4, -0.2) is 34.9 Å². The minimum Gasteiger partial charge on any atom is -0.352 e. The molecule has 4 heteroatoms. The van der Waals surface area contributed by atoms with E-state index in [4.69, 9.17) is 0 Å². The highest BCUT2D eigenvalue weighted by Crippen LogP contribution is 2.20. The molecule has 1 aromatic carbocycles. The first-order valence-corrected chi connectivity index (χ1v) is 7.48. The van der Waals surface area contributed by atoms with Crippen molar-refractivity contribution in [2.45, 2.75) is 38.4 Å². The third kappa shape index (κ3) is 3.22. The minimum atomic E-state index is -0.127. The third-order valence-electron chi connectivity index (χ3n) is 4.12. The van der Waals surface area contributed by atoms with Crippen LogP contribution in [0, 0.1) is 0 Å². The van der Waals surface area contributed by atoms with Crippen LogP contribution in [0.25, 0.3) is 10.9 Å². The number of fused-ring (bicyclic) bond motifs is 1. The van der Waals surface area contributed by atoms with Crippen LogP contribution in [0.15, 0.2) is 36.5 Å². The fourth-order valence-corrected chi connectivity index (χ4v) is 2.46. The van der Waals surface area contributed by atoms with E-state index >= 15 is 0 Å². The normalized spacial score (nSPS) is 16.1. The van der Waals surface area contributed by atoms with Crippen LogP contribution in [0.5, 0.6) is 0 Å². The quantitative estimate of drug-likeness (QED) is 0.916. The molecule has 3 rings (SSSR count). The highest BCUT2D eigenvalue weighted by molar-refractivity contribution is 5.83. The van der Waals surface area contributed by atoms with Gasteiger partial charge in [-0.3, -0.25) is 14.7 Å². The number of aromatic nitrogens is 1. The van der Waals surface area contributed by atoms with E-state index in [1.165, 1.54) is 5.56 Å². The summed E-state index contributed by atoms with van der Waals surface area (Å²) in [4.78, 5) is 18.6. The number of carbonyl (C=O) groups excluding carboxylic acids is 1. The monoisotopic (exact) mass is 283 g/mol. The summed E-state index contributed by atoms with van der Waals surface area (Å²) in [6.45, 7) is 2.70. The van der Waals surface area contributed by atoms with Crippen molar-refractivity contribution in [3.63, 3.8) is 0 Å². The molecule has 1 saturated carbocycles. The summed E-state index contributed by atoms with van der Waals surface area (Å²) in [5, 5.41) is 4.22. The molecule has 0 radical (unpaired) electrons. The average molecular weight is 283 g/mol. The zero-order valence-corrected chi connectivity index (χ0v) is 12.5. The van der Waals surface area contributed by atoms with Crippen LogP contribution in [0.2, 0.25) is 0 Å². The highest BCUT2D eigenvalue weighted by Gasteiger charge is 2.27. The van der Waals surface area contributed by atoms with Gasteiger partial charge in [0.25, 0.3) is 0 Å². The summed E-state index contributed by atoms with van der Waals surface area (Å²) in [6.07, 6.45) is 4.05. The maximum Gasteiger partial charge on any atom is 0.237 e. The minimum absolute atomic E-state index is 0.123. The number of likely N-dealkylation sites (N-methyl/N-ethyl adjacent to an activating group) is 1. The fraction of sp³-hybridized carbons (Fsp3) is 0.412. The molecule has 0 bridgehead atoms. The van der Waals surface area contributed by atoms with Crippen molar-refractivity contribution in [3.8, 4) is 0 Å². The number of nitrogens with zero attached hydrogens (tertiary/aromatic N) is 2. The molecule has 21 heavy (non-hydrogen) atoms. The molecule has 0 saturated heterocycles. The van der Waals surface area contributed by atoms with Gasteiger partial charge in [0, 0.05) is 24.2 Å². The fourth-order valence-electron chi connectivity index (χ4n) is 2.46. The number of carbonyl (C=O) groups is 1. The lowest BCUT2D eigenvalue weighted by Gasteiger charge is -2.24. The van der Waals surface area contributed by atoms with Gasteiger partial charge in [-0.15, -0.1) is 0 Å². The lowest BCUT2D eigenvalue weighted by molar-refractivity contribution is -0.125. The Kier molecular flexibility index (Phi) is 3.88. The molecular formula is C17H21N3O. The van der Waals surface area contributed by atoms with Gasteiger partial charge >= 0.3 is 0 Å². The first kappa shape index (κ1) is 14.0. The van der Waals surface area contributed by atoms with Crippen molar-refractivity contribution in [2.75, 3.05) is 7.05 Å². The Morgan fingerprint density at radius 3 is 2.95 bits per heavy atom. The van der Waals surface area contributed by atoms with Crippen LogP contribution < -0.4 is 5.32 Å². The summed E-state index contributed by atoms with van der Waals surface area (Å²) in [6, 6.07) is 10.5. The molecule has 0 aliphatic heterocycles. The van der Waals surface area contributed by atoms with E-state index in [1.807, 2.05) is 38.4 Å². The Bertz CT molecular complexity index is 646. The van der Waals surface area contributed by atoms with Gasteiger partial charge in [0.2, 0.25) is 5.91 Å². The molecule has 110 valence electrons. The number of amides is 1. The van der Waals surface area contributed by atoms with Crippen LogP contribution in [0.4, 0.5) is 0 Å². The molecule has 1 aromatic heterocycles. The van der Waals surface area contributed by atoms with Crippen molar-refractivity contribution < 1.29 is 4.79 Å². The van der Waals surface area contributed by atoms with Crippen molar-refractivity contribution >= 4 is 16.8 Å². The number of hydrogen-bond donors (Lipinski definition) is 1. The molecule has 0 spiro atoms. The van der Waals surface area contributed by atoms with Gasteiger partial charge in [0.05, 0.1) is 11.6 Å². The predicted octanol–water partition coefficient (Wildman–Crippen LogP) is 2.33. The molecule has 1 aliphatic rings. The molecule has 4 nitrogen and oxygen atoms in total. The van der Waals surface area contributed by atoms with Crippen LogP contribution >= 0.6 is 0 Å². The molecule has 1 fully saturated rings. The molecule has 1 atom stereocenters. The van der Waals surface area contributed by atoms with Crippen LogP contribution in [0.1, 0.15) is 25.3 Å². The second-order valence-corrected chi connectivity index (χ2v) is 5.86. The van der Waals surface area contributed by atoms with Gasteiger partial charge in [0.1, 0.15) is 0 Å².